The van der Waals surface area contributed by atoms with Crippen molar-refractivity contribution in [2.45, 2.75) is 25.4 Å². The fourth-order valence-electron chi connectivity index (χ4n) is 2.74. The minimum atomic E-state index is -0.801. The Balaban J connectivity index is 2.00. The predicted molar refractivity (Wildman–Crippen MR) is 70.0 cm³/mol. The van der Waals surface area contributed by atoms with E-state index in [-0.39, 0.29) is 24.2 Å². The summed E-state index contributed by atoms with van der Waals surface area (Å²) in [7, 11) is 0. The van der Waals surface area contributed by atoms with Crippen molar-refractivity contribution >= 4 is 5.97 Å². The molecule has 0 spiro atoms. The molecular weight excluding hydrogens is 247 g/mol. The molecule has 2 rings (SSSR count). The molecule has 0 bridgehead atoms. The van der Waals surface area contributed by atoms with Gasteiger partial charge in [-0.2, -0.15) is 0 Å². The first-order valence-electron chi connectivity index (χ1n) is 6.47. The minimum Gasteiger partial charge on any atom is -0.481 e. The number of carbonyl (C=O) groups is 1. The third-order valence-corrected chi connectivity index (χ3v) is 3.46. The SMILES string of the molecule is NC1CC(CC(=O)O)CN(Cc2ccccc2F)C1. The van der Waals surface area contributed by atoms with Crippen LogP contribution in [-0.2, 0) is 11.3 Å². The van der Waals surface area contributed by atoms with E-state index >= 15 is 0 Å². The van der Waals surface area contributed by atoms with E-state index in [1.807, 2.05) is 4.90 Å². The molecule has 2 unspecified atom stereocenters. The highest BCUT2D eigenvalue weighted by molar-refractivity contribution is 5.67. The molecule has 0 amide bonds. The Morgan fingerprint density at radius 3 is 2.84 bits per heavy atom. The zero-order valence-electron chi connectivity index (χ0n) is 10.8. The molecule has 4 nitrogen and oxygen atoms in total. The monoisotopic (exact) mass is 266 g/mol. The van der Waals surface area contributed by atoms with Gasteiger partial charge >= 0.3 is 5.97 Å². The third kappa shape index (κ3) is 4.01. The van der Waals surface area contributed by atoms with Gasteiger partial charge in [0.1, 0.15) is 5.82 Å². The standard InChI is InChI=1S/C14H19FN2O2/c15-13-4-2-1-3-11(13)8-17-7-10(6-14(18)19)5-12(16)9-17/h1-4,10,12H,5-9,16H2,(H,18,19). The molecule has 1 aromatic carbocycles. The molecule has 3 N–H and O–H groups in total. The molecule has 5 heteroatoms. The Labute approximate surface area is 112 Å². The number of nitrogens with zero attached hydrogens (tertiary/aromatic N) is 1. The van der Waals surface area contributed by atoms with Crippen LogP contribution in [0, 0.1) is 11.7 Å². The van der Waals surface area contributed by atoms with Crippen LogP contribution < -0.4 is 5.73 Å². The maximum absolute atomic E-state index is 13.6. The first-order chi connectivity index (χ1) is 9.04. The van der Waals surface area contributed by atoms with E-state index in [2.05, 4.69) is 0 Å². The maximum atomic E-state index is 13.6. The summed E-state index contributed by atoms with van der Waals surface area (Å²) in [4.78, 5) is 12.8. The second kappa shape index (κ2) is 6.12. The molecule has 1 aliphatic heterocycles. The fraction of sp³-hybridized carbons (Fsp3) is 0.500. The molecule has 2 atom stereocenters. The average Bonchev–Trinajstić information content (AvgIpc) is 2.30. The number of rotatable bonds is 4. The van der Waals surface area contributed by atoms with Crippen molar-refractivity contribution in [3.05, 3.63) is 35.6 Å². The van der Waals surface area contributed by atoms with Crippen LogP contribution in [0.3, 0.4) is 0 Å². The smallest absolute Gasteiger partial charge is 0.303 e. The Hall–Kier alpha value is -1.46. The van der Waals surface area contributed by atoms with Gasteiger partial charge in [-0.25, -0.2) is 4.39 Å². The lowest BCUT2D eigenvalue weighted by Crippen LogP contribution is -2.47. The van der Waals surface area contributed by atoms with Crippen LogP contribution in [0.15, 0.2) is 24.3 Å². The van der Waals surface area contributed by atoms with E-state index < -0.39 is 5.97 Å². The van der Waals surface area contributed by atoms with E-state index in [1.54, 1.807) is 18.2 Å². The third-order valence-electron chi connectivity index (χ3n) is 3.46. The lowest BCUT2D eigenvalue weighted by Gasteiger charge is -2.35. The van der Waals surface area contributed by atoms with Crippen molar-refractivity contribution in [1.82, 2.24) is 4.90 Å². The Bertz CT molecular complexity index is 453. The van der Waals surface area contributed by atoms with Gasteiger partial charge in [0.25, 0.3) is 0 Å². The lowest BCUT2D eigenvalue weighted by molar-refractivity contribution is -0.138. The van der Waals surface area contributed by atoms with Gasteiger partial charge in [-0.15, -0.1) is 0 Å². The van der Waals surface area contributed by atoms with Gasteiger partial charge in [0.05, 0.1) is 0 Å². The van der Waals surface area contributed by atoms with Gasteiger partial charge in [0.2, 0.25) is 0 Å². The number of halogens is 1. The lowest BCUT2D eigenvalue weighted by atomic mass is 9.91. The van der Waals surface area contributed by atoms with Crippen LogP contribution in [-0.4, -0.2) is 35.1 Å². The number of nitrogens with two attached hydrogens (primary N) is 1. The number of likely N-dealkylation sites (tertiary alicyclic amines) is 1. The second-order valence-electron chi connectivity index (χ2n) is 5.25. The summed E-state index contributed by atoms with van der Waals surface area (Å²) in [5, 5.41) is 8.85. The van der Waals surface area contributed by atoms with Crippen LogP contribution in [0.1, 0.15) is 18.4 Å². The number of carboxylic acid groups (broad SMARTS) is 1. The molecule has 1 saturated heterocycles. The van der Waals surface area contributed by atoms with Crippen molar-refractivity contribution in [3.63, 3.8) is 0 Å². The highest BCUT2D eigenvalue weighted by Crippen LogP contribution is 2.21. The Morgan fingerprint density at radius 2 is 2.16 bits per heavy atom. The first-order valence-corrected chi connectivity index (χ1v) is 6.47. The van der Waals surface area contributed by atoms with Crippen LogP contribution in [0.2, 0.25) is 0 Å². The minimum absolute atomic E-state index is 0.0372. The van der Waals surface area contributed by atoms with Crippen LogP contribution in [0.5, 0.6) is 0 Å². The molecule has 0 saturated carbocycles. The van der Waals surface area contributed by atoms with Gasteiger partial charge < -0.3 is 10.8 Å². The summed E-state index contributed by atoms with van der Waals surface area (Å²) in [6.45, 7) is 1.83. The molecule has 0 aliphatic carbocycles. The van der Waals surface area contributed by atoms with Gasteiger partial charge in [-0.1, -0.05) is 18.2 Å². The molecule has 1 aromatic rings. The Morgan fingerprint density at radius 1 is 1.42 bits per heavy atom. The summed E-state index contributed by atoms with van der Waals surface area (Å²) in [6.07, 6.45) is 0.849. The van der Waals surface area contributed by atoms with Crippen LogP contribution >= 0.6 is 0 Å². The first kappa shape index (κ1) is 14.0. The highest BCUT2D eigenvalue weighted by Gasteiger charge is 2.27. The predicted octanol–water partition coefficient (Wildman–Crippen LogP) is 1.45. The van der Waals surface area contributed by atoms with Gasteiger partial charge in [0.15, 0.2) is 0 Å². The maximum Gasteiger partial charge on any atom is 0.303 e. The fourth-order valence-corrected chi connectivity index (χ4v) is 2.74. The molecule has 1 heterocycles. The van der Waals surface area contributed by atoms with Crippen LogP contribution in [0.4, 0.5) is 4.39 Å². The Kier molecular flexibility index (Phi) is 4.50. The number of hydrogen-bond acceptors (Lipinski definition) is 3. The van der Waals surface area contributed by atoms with Crippen molar-refractivity contribution < 1.29 is 14.3 Å². The van der Waals surface area contributed by atoms with Gasteiger partial charge in [-0.3, -0.25) is 9.69 Å². The number of hydrogen-bond donors (Lipinski definition) is 2. The summed E-state index contributed by atoms with van der Waals surface area (Å²) < 4.78 is 13.6. The summed E-state index contributed by atoms with van der Waals surface area (Å²) in [6, 6.07) is 6.62. The molecule has 1 fully saturated rings. The summed E-state index contributed by atoms with van der Waals surface area (Å²) >= 11 is 0. The van der Waals surface area contributed by atoms with Crippen molar-refractivity contribution in [3.8, 4) is 0 Å². The van der Waals surface area contributed by atoms with Crippen LogP contribution in [0.25, 0.3) is 0 Å². The quantitative estimate of drug-likeness (QED) is 0.865. The zero-order chi connectivity index (χ0) is 13.8. The molecular formula is C14H19FN2O2. The van der Waals surface area contributed by atoms with E-state index in [4.69, 9.17) is 10.8 Å². The van der Waals surface area contributed by atoms with E-state index in [0.29, 0.717) is 25.2 Å². The van der Waals surface area contributed by atoms with Gasteiger partial charge in [0, 0.05) is 37.7 Å². The number of carboxylic acids is 1. The van der Waals surface area contributed by atoms with Crippen molar-refractivity contribution in [2.75, 3.05) is 13.1 Å². The summed E-state index contributed by atoms with van der Waals surface area (Å²) in [5.41, 5.74) is 6.58. The van der Waals surface area contributed by atoms with Crippen molar-refractivity contribution in [1.29, 1.82) is 0 Å². The molecule has 19 heavy (non-hydrogen) atoms. The zero-order valence-corrected chi connectivity index (χ0v) is 10.8. The number of piperidine rings is 1. The highest BCUT2D eigenvalue weighted by atomic mass is 19.1. The van der Waals surface area contributed by atoms with Crippen molar-refractivity contribution in [2.24, 2.45) is 11.7 Å². The summed E-state index contributed by atoms with van der Waals surface area (Å²) in [5.74, 6) is -0.977. The number of benzene rings is 1. The molecule has 0 aromatic heterocycles. The second-order valence-corrected chi connectivity index (χ2v) is 5.25. The topological polar surface area (TPSA) is 66.6 Å². The molecule has 0 radical (unpaired) electrons. The van der Waals surface area contributed by atoms with E-state index in [9.17, 15) is 9.18 Å². The number of aliphatic carboxylic acids is 1. The molecule has 1 aliphatic rings. The van der Waals surface area contributed by atoms with Gasteiger partial charge in [-0.05, 0) is 18.4 Å². The molecule has 104 valence electrons. The normalized spacial score (nSPS) is 24.3. The van der Waals surface area contributed by atoms with E-state index in [1.165, 1.54) is 6.07 Å². The average molecular weight is 266 g/mol. The van der Waals surface area contributed by atoms with E-state index in [0.717, 1.165) is 6.42 Å². The largest absolute Gasteiger partial charge is 0.481 e.